The molecule has 0 aromatic heterocycles. The van der Waals surface area contributed by atoms with Gasteiger partial charge in [0.2, 0.25) is 0 Å². The highest BCUT2D eigenvalue weighted by Crippen LogP contribution is 2.67. The quantitative estimate of drug-likeness (QED) is 0.415. The Morgan fingerprint density at radius 3 is 2.54 bits per heavy atom. The highest BCUT2D eigenvalue weighted by Gasteiger charge is 2.59. The van der Waals surface area contributed by atoms with E-state index in [1.54, 1.807) is 0 Å². The Morgan fingerprint density at radius 1 is 1.00 bits per heavy atom. The number of alkyl halides is 1. The lowest BCUT2D eigenvalue weighted by molar-refractivity contribution is -0.0537. The predicted molar refractivity (Wildman–Crippen MR) is 118 cm³/mol. The first-order valence-corrected chi connectivity index (χ1v) is 12.6. The van der Waals surface area contributed by atoms with Crippen molar-refractivity contribution in [2.75, 3.05) is 0 Å². The van der Waals surface area contributed by atoms with Crippen LogP contribution in [-0.2, 0) is 0 Å². The lowest BCUT2D eigenvalue weighted by Gasteiger charge is -2.58. The van der Waals surface area contributed by atoms with Crippen LogP contribution in [0.2, 0.25) is 0 Å². The van der Waals surface area contributed by atoms with Crippen LogP contribution in [0.25, 0.3) is 0 Å². The molecule has 0 aromatic rings. The third-order valence-electron chi connectivity index (χ3n) is 10.2. The number of rotatable bonds is 5. The van der Waals surface area contributed by atoms with Crippen LogP contribution < -0.4 is 0 Å². The summed E-state index contributed by atoms with van der Waals surface area (Å²) in [5, 5.41) is 0. The fourth-order valence-corrected chi connectivity index (χ4v) is 8.64. The molecule has 0 saturated heterocycles. The van der Waals surface area contributed by atoms with Crippen molar-refractivity contribution in [3.05, 3.63) is 11.6 Å². The van der Waals surface area contributed by atoms with Crippen LogP contribution in [0.15, 0.2) is 11.6 Å². The van der Waals surface area contributed by atoms with Crippen molar-refractivity contribution in [1.82, 2.24) is 0 Å². The summed E-state index contributed by atoms with van der Waals surface area (Å²) in [4.78, 5) is 0. The zero-order chi connectivity index (χ0) is 20.1. The normalized spacial score (nSPS) is 46.5. The molecule has 0 N–H and O–H groups in total. The van der Waals surface area contributed by atoms with Crippen LogP contribution in [0.1, 0.15) is 105 Å². The third-order valence-corrected chi connectivity index (χ3v) is 10.2. The van der Waals surface area contributed by atoms with Gasteiger partial charge in [0.15, 0.2) is 0 Å². The molecule has 1 heteroatoms. The Balaban J connectivity index is 1.49. The molecule has 0 aliphatic heterocycles. The summed E-state index contributed by atoms with van der Waals surface area (Å²) in [7, 11) is 0. The molecule has 3 saturated carbocycles. The van der Waals surface area contributed by atoms with Gasteiger partial charge in [0.05, 0.1) is 0 Å². The van der Waals surface area contributed by atoms with Gasteiger partial charge in [0.1, 0.15) is 6.17 Å². The van der Waals surface area contributed by atoms with E-state index in [2.05, 4.69) is 40.7 Å². The average Bonchev–Trinajstić information content (AvgIpc) is 2.99. The van der Waals surface area contributed by atoms with Crippen molar-refractivity contribution in [3.63, 3.8) is 0 Å². The molecule has 0 bridgehead atoms. The summed E-state index contributed by atoms with van der Waals surface area (Å²) < 4.78 is 14.1. The van der Waals surface area contributed by atoms with Crippen LogP contribution >= 0.6 is 0 Å². The van der Waals surface area contributed by atoms with Gasteiger partial charge in [-0.25, -0.2) is 4.39 Å². The molecule has 4 aliphatic rings. The van der Waals surface area contributed by atoms with Gasteiger partial charge in [-0.15, -0.1) is 0 Å². The summed E-state index contributed by atoms with van der Waals surface area (Å²) in [5.41, 5.74) is 2.37. The Morgan fingerprint density at radius 2 is 1.79 bits per heavy atom. The average molecular weight is 389 g/mol. The van der Waals surface area contributed by atoms with Crippen LogP contribution in [0.5, 0.6) is 0 Å². The van der Waals surface area contributed by atoms with Gasteiger partial charge >= 0.3 is 0 Å². The minimum absolute atomic E-state index is 0.313. The summed E-state index contributed by atoms with van der Waals surface area (Å²) >= 11 is 0. The molecule has 0 radical (unpaired) electrons. The molecular formula is C27H45F. The minimum Gasteiger partial charge on any atom is -0.247 e. The molecule has 4 rings (SSSR count). The third kappa shape index (κ3) is 3.41. The van der Waals surface area contributed by atoms with E-state index in [4.69, 9.17) is 0 Å². The van der Waals surface area contributed by atoms with E-state index in [9.17, 15) is 4.39 Å². The van der Waals surface area contributed by atoms with E-state index in [1.165, 1.54) is 56.9 Å². The monoisotopic (exact) mass is 388 g/mol. The van der Waals surface area contributed by atoms with E-state index < -0.39 is 6.17 Å². The molecule has 3 fully saturated rings. The second kappa shape index (κ2) is 7.73. The predicted octanol–water partition coefficient (Wildman–Crippen LogP) is 8.37. The largest absolute Gasteiger partial charge is 0.247 e. The molecule has 8 atom stereocenters. The van der Waals surface area contributed by atoms with E-state index in [0.29, 0.717) is 10.8 Å². The molecule has 0 nitrogen and oxygen atoms in total. The van der Waals surface area contributed by atoms with E-state index in [1.807, 2.05) is 0 Å². The van der Waals surface area contributed by atoms with Crippen molar-refractivity contribution in [2.24, 2.45) is 46.3 Å². The van der Waals surface area contributed by atoms with Gasteiger partial charge in [0.25, 0.3) is 0 Å². The topological polar surface area (TPSA) is 0 Å². The number of allylic oxidation sites excluding steroid dienone is 2. The Hall–Kier alpha value is -0.330. The molecule has 0 aromatic carbocycles. The molecule has 28 heavy (non-hydrogen) atoms. The van der Waals surface area contributed by atoms with Gasteiger partial charge in [-0.05, 0) is 91.3 Å². The first-order chi connectivity index (χ1) is 13.3. The highest BCUT2D eigenvalue weighted by molar-refractivity contribution is 5.25. The molecule has 0 amide bonds. The summed E-state index contributed by atoms with van der Waals surface area (Å²) in [6, 6.07) is 0. The summed E-state index contributed by atoms with van der Waals surface area (Å²) in [6.07, 6.45) is 15.8. The minimum atomic E-state index is -0.577. The zero-order valence-electron chi connectivity index (χ0n) is 19.3. The zero-order valence-corrected chi connectivity index (χ0v) is 19.3. The van der Waals surface area contributed by atoms with Gasteiger partial charge < -0.3 is 0 Å². The van der Waals surface area contributed by atoms with Crippen molar-refractivity contribution in [1.29, 1.82) is 0 Å². The fraction of sp³-hybridized carbons (Fsp3) is 0.926. The Bertz CT molecular complexity index is 591. The number of fused-ring (bicyclic) bond motifs is 5. The number of hydrogen-bond donors (Lipinski definition) is 0. The summed E-state index contributed by atoms with van der Waals surface area (Å²) in [5.74, 6) is 5.28. The smallest absolute Gasteiger partial charge is 0.104 e. The van der Waals surface area contributed by atoms with Gasteiger partial charge in [-0.2, -0.15) is 0 Å². The second-order valence-electron chi connectivity index (χ2n) is 12.1. The van der Waals surface area contributed by atoms with Crippen molar-refractivity contribution in [2.45, 2.75) is 111 Å². The second-order valence-corrected chi connectivity index (χ2v) is 12.1. The maximum Gasteiger partial charge on any atom is 0.104 e. The van der Waals surface area contributed by atoms with Crippen molar-refractivity contribution in [3.8, 4) is 0 Å². The van der Waals surface area contributed by atoms with Crippen LogP contribution in [0.4, 0.5) is 4.39 Å². The molecule has 4 aliphatic carbocycles. The summed E-state index contributed by atoms with van der Waals surface area (Å²) in [6.45, 7) is 12.5. The van der Waals surface area contributed by atoms with Crippen molar-refractivity contribution < 1.29 is 4.39 Å². The molecule has 0 unspecified atom stereocenters. The van der Waals surface area contributed by atoms with Crippen LogP contribution in [-0.4, -0.2) is 6.17 Å². The molecule has 0 heterocycles. The van der Waals surface area contributed by atoms with Crippen LogP contribution in [0.3, 0.4) is 0 Å². The molecular weight excluding hydrogens is 343 g/mol. The Kier molecular flexibility index (Phi) is 5.78. The van der Waals surface area contributed by atoms with E-state index in [-0.39, 0.29) is 0 Å². The maximum atomic E-state index is 14.1. The van der Waals surface area contributed by atoms with Gasteiger partial charge in [-0.3, -0.25) is 0 Å². The fourth-order valence-electron chi connectivity index (χ4n) is 8.64. The van der Waals surface area contributed by atoms with E-state index >= 15 is 0 Å². The number of halogens is 1. The van der Waals surface area contributed by atoms with Gasteiger partial charge in [-0.1, -0.05) is 65.5 Å². The highest BCUT2D eigenvalue weighted by atomic mass is 19.1. The first-order valence-electron chi connectivity index (χ1n) is 12.6. The Labute approximate surface area is 174 Å². The first kappa shape index (κ1) is 20.9. The SMILES string of the molecule is CC(C)CCC[C@@H](C)[C@H]1CC[C@H]2[C@@H]3CC=C4C[C@H](F)CC[C@]4(C)[C@H]3CC[C@]12C. The van der Waals surface area contributed by atoms with Gasteiger partial charge in [0, 0.05) is 6.42 Å². The number of hydrogen-bond acceptors (Lipinski definition) is 0. The lowest BCUT2D eigenvalue weighted by Crippen LogP contribution is -2.50. The molecule has 0 spiro atoms. The van der Waals surface area contributed by atoms with E-state index in [0.717, 1.165) is 54.8 Å². The molecule has 160 valence electrons. The maximum absolute atomic E-state index is 14.1. The van der Waals surface area contributed by atoms with Crippen molar-refractivity contribution >= 4 is 0 Å². The standard InChI is InChI=1S/C27H45F/c1-18(2)7-6-8-19(3)23-11-12-24-22-10-9-20-17-21(28)13-15-26(20,4)25(22)14-16-27(23,24)5/h9,18-19,21-25H,6-8,10-17H2,1-5H3/t19-,21-,22+,23-,24+,25+,26+,27-/m1/s1. The lowest BCUT2D eigenvalue weighted by atomic mass is 9.47. The van der Waals surface area contributed by atoms with Crippen LogP contribution in [0, 0.1) is 46.3 Å².